The van der Waals surface area contributed by atoms with Crippen molar-refractivity contribution in [3.05, 3.63) is 0 Å². The second-order valence-corrected chi connectivity index (χ2v) is 32.9. The Hall–Kier alpha value is -1.94. The summed E-state index contributed by atoms with van der Waals surface area (Å²) in [6.45, 7) is 12.0. The SMILES string of the molecule is CCCCCCCCCCCCC(=O)OC[C@H](COP(=O)(O)OC[C@H](O)COP(=O)(O)OC[C@@H](COC(=O)CCCCCCCCCCCCCCC(C)C)OC(=O)CCCCCCCCCCCCCCCCCCCCC(C)CC)OC(=O)CCCCCCCCCCCC(C)C. The number of hydrogen-bond donors (Lipinski definition) is 3. The molecule has 0 rings (SSSR count). The fraction of sp³-hybridized carbons (Fsp3) is 0.950. The highest BCUT2D eigenvalue weighted by molar-refractivity contribution is 7.47. The van der Waals surface area contributed by atoms with Gasteiger partial charge in [0, 0.05) is 25.7 Å². The van der Waals surface area contributed by atoms with Crippen molar-refractivity contribution in [1.29, 1.82) is 0 Å². The summed E-state index contributed by atoms with van der Waals surface area (Å²) in [6, 6.07) is 0. The molecule has 17 nitrogen and oxygen atoms in total. The van der Waals surface area contributed by atoms with Gasteiger partial charge in [0.25, 0.3) is 0 Å². The van der Waals surface area contributed by atoms with Crippen LogP contribution >= 0.6 is 15.6 Å². The third-order valence-electron chi connectivity index (χ3n) is 19.0. The second kappa shape index (κ2) is 70.4. The van der Waals surface area contributed by atoms with E-state index in [2.05, 4.69) is 48.5 Å². The van der Waals surface area contributed by atoms with Gasteiger partial charge in [-0.05, 0) is 43.4 Å². The maximum absolute atomic E-state index is 13.1. The number of hydrogen-bond acceptors (Lipinski definition) is 15. The van der Waals surface area contributed by atoms with Crippen LogP contribution in [0.1, 0.15) is 414 Å². The predicted octanol–water partition coefficient (Wildman–Crippen LogP) is 23.7. The Morgan fingerprint density at radius 1 is 0.293 bits per heavy atom. The van der Waals surface area contributed by atoms with Crippen molar-refractivity contribution < 1.29 is 80.2 Å². The molecule has 99 heavy (non-hydrogen) atoms. The van der Waals surface area contributed by atoms with Crippen LogP contribution in [0, 0.1) is 17.8 Å². The Morgan fingerprint density at radius 3 is 0.768 bits per heavy atom. The molecule has 0 aliphatic heterocycles. The van der Waals surface area contributed by atoms with E-state index in [1.165, 1.54) is 225 Å². The van der Waals surface area contributed by atoms with Crippen LogP contribution in [-0.4, -0.2) is 96.7 Å². The van der Waals surface area contributed by atoms with Crippen LogP contribution in [0.3, 0.4) is 0 Å². The first kappa shape index (κ1) is 97.1. The number of phosphoric ester groups is 2. The highest BCUT2D eigenvalue weighted by Gasteiger charge is 2.30. The minimum Gasteiger partial charge on any atom is -0.462 e. The van der Waals surface area contributed by atoms with Crippen LogP contribution in [0.15, 0.2) is 0 Å². The molecule has 0 heterocycles. The van der Waals surface area contributed by atoms with Gasteiger partial charge in [-0.1, -0.05) is 363 Å². The molecule has 0 spiro atoms. The number of aliphatic hydroxyl groups is 1. The Bertz CT molecular complexity index is 1920. The van der Waals surface area contributed by atoms with Gasteiger partial charge >= 0.3 is 39.5 Å². The summed E-state index contributed by atoms with van der Waals surface area (Å²) in [5, 5.41) is 10.6. The Kier molecular flexibility index (Phi) is 69.0. The fourth-order valence-electron chi connectivity index (χ4n) is 12.3. The molecule has 0 amide bonds. The average Bonchev–Trinajstić information content (AvgIpc) is 1.09. The third-order valence-corrected chi connectivity index (χ3v) is 20.9. The molecule has 0 saturated carbocycles. The Labute approximate surface area is 607 Å². The lowest BCUT2D eigenvalue weighted by Crippen LogP contribution is -2.30. The molecule has 3 unspecified atom stereocenters. The van der Waals surface area contributed by atoms with E-state index in [-0.39, 0.29) is 25.7 Å². The second-order valence-electron chi connectivity index (χ2n) is 30.0. The number of ether oxygens (including phenoxy) is 4. The van der Waals surface area contributed by atoms with Gasteiger partial charge < -0.3 is 33.8 Å². The molecule has 0 saturated heterocycles. The zero-order valence-corrected chi connectivity index (χ0v) is 66.8. The van der Waals surface area contributed by atoms with E-state index in [4.69, 9.17) is 37.0 Å². The molecule has 0 bridgehead atoms. The number of carbonyl (C=O) groups is 4. The molecule has 0 aliphatic carbocycles. The lowest BCUT2D eigenvalue weighted by atomic mass is 9.99. The van der Waals surface area contributed by atoms with Gasteiger partial charge in [-0.3, -0.25) is 37.3 Å². The zero-order valence-electron chi connectivity index (χ0n) is 65.0. The van der Waals surface area contributed by atoms with Crippen molar-refractivity contribution in [3.8, 4) is 0 Å². The van der Waals surface area contributed by atoms with Crippen molar-refractivity contribution in [2.45, 2.75) is 433 Å². The largest absolute Gasteiger partial charge is 0.472 e. The van der Waals surface area contributed by atoms with E-state index in [1.54, 1.807) is 0 Å². The lowest BCUT2D eigenvalue weighted by Gasteiger charge is -2.21. The van der Waals surface area contributed by atoms with Crippen molar-refractivity contribution >= 4 is 39.5 Å². The molecular weight excluding hydrogens is 1290 g/mol. The highest BCUT2D eigenvalue weighted by Crippen LogP contribution is 2.45. The number of carbonyl (C=O) groups excluding carboxylic acids is 4. The number of aliphatic hydroxyl groups excluding tert-OH is 1. The van der Waals surface area contributed by atoms with Crippen LogP contribution in [0.25, 0.3) is 0 Å². The fourth-order valence-corrected chi connectivity index (χ4v) is 13.9. The maximum Gasteiger partial charge on any atom is 0.472 e. The molecule has 0 radical (unpaired) electrons. The van der Waals surface area contributed by atoms with E-state index in [1.807, 2.05) is 0 Å². The van der Waals surface area contributed by atoms with Gasteiger partial charge in [-0.2, -0.15) is 0 Å². The highest BCUT2D eigenvalue weighted by atomic mass is 31.2. The molecular formula is C80H156O17P2. The van der Waals surface area contributed by atoms with Crippen LogP contribution < -0.4 is 0 Å². The predicted molar refractivity (Wildman–Crippen MR) is 405 cm³/mol. The van der Waals surface area contributed by atoms with Crippen LogP contribution in [-0.2, 0) is 65.4 Å². The summed E-state index contributed by atoms with van der Waals surface area (Å²) >= 11 is 0. The first-order valence-corrected chi connectivity index (χ1v) is 44.4. The number of phosphoric acid groups is 2. The summed E-state index contributed by atoms with van der Waals surface area (Å²) < 4.78 is 68.6. The molecule has 0 aromatic carbocycles. The van der Waals surface area contributed by atoms with Crippen molar-refractivity contribution in [2.75, 3.05) is 39.6 Å². The van der Waals surface area contributed by atoms with E-state index < -0.39 is 97.5 Å². The van der Waals surface area contributed by atoms with Crippen molar-refractivity contribution in [3.63, 3.8) is 0 Å². The molecule has 0 aliphatic rings. The van der Waals surface area contributed by atoms with Gasteiger partial charge in [0.2, 0.25) is 0 Å². The van der Waals surface area contributed by atoms with E-state index >= 15 is 0 Å². The molecule has 0 fully saturated rings. The standard InChI is InChI=1S/C80H156O17P2/c1-8-10-11-12-13-14-33-40-47-54-61-77(82)90-67-76(97-80(85)64-57-50-43-36-29-31-38-45-52-59-72(5)6)70-95-99(88,89)93-66-74(81)65-92-98(86,87)94-69-75(68-91-78(83)62-55-48-41-34-27-24-23-25-30-37-44-51-58-71(3)4)96-79(84)63-56-49-42-35-28-22-20-18-16-15-17-19-21-26-32-39-46-53-60-73(7)9-2/h71-76,81H,8-70H2,1-7H3,(H,86,87)(H,88,89)/t73?,74-,75-,76-/m1/s1. The molecule has 6 atom stereocenters. The lowest BCUT2D eigenvalue weighted by molar-refractivity contribution is -0.161. The molecule has 588 valence electrons. The summed E-state index contributed by atoms with van der Waals surface area (Å²) in [5.74, 6) is 0.276. The number of esters is 4. The normalized spacial score (nSPS) is 14.3. The summed E-state index contributed by atoms with van der Waals surface area (Å²) in [7, 11) is -9.92. The molecule has 0 aromatic rings. The van der Waals surface area contributed by atoms with Gasteiger partial charge in [0.15, 0.2) is 12.2 Å². The minimum absolute atomic E-state index is 0.105. The van der Waals surface area contributed by atoms with E-state index in [0.717, 1.165) is 108 Å². The van der Waals surface area contributed by atoms with Gasteiger partial charge in [-0.15, -0.1) is 0 Å². The molecule has 19 heteroatoms. The van der Waals surface area contributed by atoms with Crippen molar-refractivity contribution in [1.82, 2.24) is 0 Å². The first-order valence-electron chi connectivity index (χ1n) is 41.4. The van der Waals surface area contributed by atoms with Gasteiger partial charge in [0.1, 0.15) is 19.3 Å². The molecule has 0 aromatic heterocycles. The smallest absolute Gasteiger partial charge is 0.462 e. The number of rotatable bonds is 78. The summed E-state index contributed by atoms with van der Waals surface area (Å²) in [6.07, 6.45) is 58.3. The third kappa shape index (κ3) is 72.8. The summed E-state index contributed by atoms with van der Waals surface area (Å²) in [4.78, 5) is 72.9. The van der Waals surface area contributed by atoms with Crippen LogP contribution in [0.5, 0.6) is 0 Å². The van der Waals surface area contributed by atoms with E-state index in [9.17, 15) is 43.2 Å². The quantitative estimate of drug-likeness (QED) is 0.0222. The number of unbranched alkanes of at least 4 members (excludes halogenated alkanes) is 45. The minimum atomic E-state index is -4.96. The maximum atomic E-state index is 13.1. The van der Waals surface area contributed by atoms with Crippen LogP contribution in [0.2, 0.25) is 0 Å². The Balaban J connectivity index is 5.21. The van der Waals surface area contributed by atoms with Crippen LogP contribution in [0.4, 0.5) is 0 Å². The topological polar surface area (TPSA) is 237 Å². The monoisotopic (exact) mass is 1450 g/mol. The van der Waals surface area contributed by atoms with Gasteiger partial charge in [0.05, 0.1) is 26.4 Å². The summed E-state index contributed by atoms with van der Waals surface area (Å²) in [5.41, 5.74) is 0. The first-order chi connectivity index (χ1) is 47.8. The van der Waals surface area contributed by atoms with Crippen molar-refractivity contribution in [2.24, 2.45) is 17.8 Å². The molecule has 3 N–H and O–H groups in total. The Morgan fingerprint density at radius 2 is 0.515 bits per heavy atom. The average molecular weight is 1450 g/mol. The van der Waals surface area contributed by atoms with E-state index in [0.29, 0.717) is 25.7 Å². The zero-order chi connectivity index (χ0) is 73.0. The van der Waals surface area contributed by atoms with Gasteiger partial charge in [-0.25, -0.2) is 9.13 Å².